The number of amides is 1. The van der Waals surface area contributed by atoms with Crippen LogP contribution in [0.25, 0.3) is 11.0 Å². The number of aromatic nitrogens is 2. The van der Waals surface area contributed by atoms with Gasteiger partial charge in [-0.3, -0.25) is 9.59 Å². The fourth-order valence-electron chi connectivity index (χ4n) is 2.33. The third kappa shape index (κ3) is 4.07. The van der Waals surface area contributed by atoms with Crippen LogP contribution in [0.3, 0.4) is 0 Å². The molecule has 3 N–H and O–H groups in total. The number of nitrogens with zero attached hydrogens (tertiary/aromatic N) is 1. The molecule has 1 aromatic heterocycles. The summed E-state index contributed by atoms with van der Waals surface area (Å²) in [7, 11) is 0. The normalized spacial score (nSPS) is 12.3. The number of nitrogens with one attached hydrogen (secondary N) is 2. The van der Waals surface area contributed by atoms with E-state index in [-0.39, 0.29) is 24.8 Å². The minimum atomic E-state index is -0.921. The number of rotatable bonds is 6. The van der Waals surface area contributed by atoms with Gasteiger partial charge in [-0.15, -0.1) is 0 Å². The first kappa shape index (κ1) is 16.0. The van der Waals surface area contributed by atoms with Crippen molar-refractivity contribution in [2.75, 3.05) is 0 Å². The van der Waals surface area contributed by atoms with Gasteiger partial charge in [0.1, 0.15) is 5.82 Å². The Labute approximate surface area is 128 Å². The van der Waals surface area contributed by atoms with Crippen LogP contribution in [0.1, 0.15) is 36.7 Å². The number of hydrogen-bond acceptors (Lipinski definition) is 3. The Morgan fingerprint density at radius 3 is 2.68 bits per heavy atom. The van der Waals surface area contributed by atoms with Gasteiger partial charge in [0, 0.05) is 18.9 Å². The van der Waals surface area contributed by atoms with Crippen LogP contribution >= 0.6 is 0 Å². The zero-order valence-electron chi connectivity index (χ0n) is 13.1. The molecule has 0 saturated heterocycles. The van der Waals surface area contributed by atoms with Crippen LogP contribution in [0.5, 0.6) is 0 Å². The predicted octanol–water partition coefficient (Wildman–Crippen LogP) is 2.09. The minimum absolute atomic E-state index is 0.0745. The largest absolute Gasteiger partial charge is 0.481 e. The fraction of sp³-hybridized carbons (Fsp3) is 0.438. The average molecular weight is 303 g/mol. The van der Waals surface area contributed by atoms with E-state index in [1.54, 1.807) is 6.92 Å². The van der Waals surface area contributed by atoms with Crippen molar-refractivity contribution < 1.29 is 14.7 Å². The van der Waals surface area contributed by atoms with Gasteiger partial charge in [0.25, 0.3) is 0 Å². The van der Waals surface area contributed by atoms with Crippen molar-refractivity contribution in [3.8, 4) is 0 Å². The van der Waals surface area contributed by atoms with Crippen molar-refractivity contribution in [3.05, 3.63) is 29.1 Å². The molecule has 1 heterocycles. The summed E-state index contributed by atoms with van der Waals surface area (Å²) in [5.74, 6) is -0.321. The summed E-state index contributed by atoms with van der Waals surface area (Å²) in [6.07, 6.45) is 0.703. The minimum Gasteiger partial charge on any atom is -0.481 e. The van der Waals surface area contributed by atoms with Gasteiger partial charge in [-0.25, -0.2) is 4.98 Å². The third-order valence-corrected chi connectivity index (χ3v) is 3.62. The number of hydrogen-bond donors (Lipinski definition) is 3. The van der Waals surface area contributed by atoms with Crippen molar-refractivity contribution in [1.29, 1.82) is 0 Å². The Kier molecular flexibility index (Phi) is 4.80. The van der Waals surface area contributed by atoms with E-state index in [1.807, 2.05) is 19.9 Å². The molecular weight excluding hydrogens is 282 g/mol. The summed E-state index contributed by atoms with van der Waals surface area (Å²) < 4.78 is 0. The smallest absolute Gasteiger partial charge is 0.305 e. The number of aromatic amines is 1. The summed E-state index contributed by atoms with van der Waals surface area (Å²) in [4.78, 5) is 30.0. The van der Waals surface area contributed by atoms with E-state index in [1.165, 1.54) is 11.1 Å². The number of carboxylic acids is 1. The van der Waals surface area contributed by atoms with Gasteiger partial charge < -0.3 is 15.4 Å². The Morgan fingerprint density at radius 1 is 1.32 bits per heavy atom. The lowest BCUT2D eigenvalue weighted by Crippen LogP contribution is -2.34. The number of imidazole rings is 1. The van der Waals surface area contributed by atoms with E-state index in [9.17, 15) is 9.59 Å². The second kappa shape index (κ2) is 6.60. The fourth-order valence-corrected chi connectivity index (χ4v) is 2.33. The maximum Gasteiger partial charge on any atom is 0.305 e. The van der Waals surface area contributed by atoms with E-state index in [2.05, 4.69) is 21.4 Å². The molecule has 6 heteroatoms. The van der Waals surface area contributed by atoms with Crippen LogP contribution in [0.2, 0.25) is 0 Å². The second-order valence-electron chi connectivity index (χ2n) is 5.70. The van der Waals surface area contributed by atoms with Crippen LogP contribution in [-0.2, 0) is 16.0 Å². The Hall–Kier alpha value is -2.37. The molecule has 0 spiro atoms. The molecule has 2 aromatic rings. The first-order valence-corrected chi connectivity index (χ1v) is 7.32. The second-order valence-corrected chi connectivity index (χ2v) is 5.70. The van der Waals surface area contributed by atoms with E-state index < -0.39 is 5.97 Å². The molecule has 0 bridgehead atoms. The summed E-state index contributed by atoms with van der Waals surface area (Å²) in [5, 5.41) is 11.3. The Balaban J connectivity index is 1.94. The number of carbonyl (C=O) groups is 2. The topological polar surface area (TPSA) is 95.1 Å². The van der Waals surface area contributed by atoms with Crippen molar-refractivity contribution in [3.63, 3.8) is 0 Å². The van der Waals surface area contributed by atoms with Crippen LogP contribution in [0.4, 0.5) is 0 Å². The van der Waals surface area contributed by atoms with E-state index >= 15 is 0 Å². The van der Waals surface area contributed by atoms with Crippen molar-refractivity contribution >= 4 is 22.9 Å². The number of fused-ring (bicyclic) bond motifs is 1. The predicted molar refractivity (Wildman–Crippen MR) is 83.7 cm³/mol. The summed E-state index contributed by atoms with van der Waals surface area (Å²) in [5.41, 5.74) is 4.25. The number of carbonyl (C=O) groups excluding carboxylic acids is 1. The molecule has 118 valence electrons. The molecule has 0 aliphatic carbocycles. The summed E-state index contributed by atoms with van der Waals surface area (Å²) >= 11 is 0. The van der Waals surface area contributed by atoms with Gasteiger partial charge in [-0.1, -0.05) is 0 Å². The Bertz CT molecular complexity index is 667. The van der Waals surface area contributed by atoms with Crippen LogP contribution < -0.4 is 5.32 Å². The maximum absolute atomic E-state index is 11.8. The monoisotopic (exact) mass is 303 g/mol. The van der Waals surface area contributed by atoms with Crippen LogP contribution in [0.15, 0.2) is 12.1 Å². The van der Waals surface area contributed by atoms with Crippen molar-refractivity contribution in [2.45, 2.75) is 46.1 Å². The highest BCUT2D eigenvalue weighted by atomic mass is 16.4. The van der Waals surface area contributed by atoms with E-state index in [0.717, 1.165) is 16.9 Å². The highest BCUT2D eigenvalue weighted by Crippen LogP contribution is 2.17. The quantitative estimate of drug-likeness (QED) is 0.761. The summed E-state index contributed by atoms with van der Waals surface area (Å²) in [6.45, 7) is 5.77. The molecule has 0 unspecified atom stereocenters. The maximum atomic E-state index is 11.8. The number of aliphatic carboxylic acids is 1. The number of aryl methyl sites for hydroxylation is 3. The third-order valence-electron chi connectivity index (χ3n) is 3.62. The molecule has 1 atom stereocenters. The highest BCUT2D eigenvalue weighted by Gasteiger charge is 2.12. The molecule has 0 saturated carbocycles. The number of benzene rings is 1. The van der Waals surface area contributed by atoms with Gasteiger partial charge in [0.15, 0.2) is 0 Å². The SMILES string of the molecule is Cc1cc2nc(CCC(=O)N[C@@H](C)CC(=O)O)[nH]c2cc1C. The number of carboxylic acid groups (broad SMARTS) is 1. The van der Waals surface area contributed by atoms with Crippen molar-refractivity contribution in [1.82, 2.24) is 15.3 Å². The van der Waals surface area contributed by atoms with Crippen LogP contribution in [0, 0.1) is 13.8 Å². The van der Waals surface area contributed by atoms with Gasteiger partial charge in [0.05, 0.1) is 17.5 Å². The lowest BCUT2D eigenvalue weighted by Gasteiger charge is -2.10. The summed E-state index contributed by atoms with van der Waals surface area (Å²) in [6, 6.07) is 3.71. The molecular formula is C16H21N3O3. The zero-order valence-corrected chi connectivity index (χ0v) is 13.1. The highest BCUT2D eigenvalue weighted by molar-refractivity contribution is 5.79. The zero-order chi connectivity index (χ0) is 16.3. The lowest BCUT2D eigenvalue weighted by molar-refractivity contribution is -0.137. The van der Waals surface area contributed by atoms with Gasteiger partial charge in [-0.2, -0.15) is 0 Å². The van der Waals surface area contributed by atoms with E-state index in [4.69, 9.17) is 5.11 Å². The van der Waals surface area contributed by atoms with Crippen LogP contribution in [-0.4, -0.2) is 33.0 Å². The molecule has 0 fully saturated rings. The molecule has 6 nitrogen and oxygen atoms in total. The van der Waals surface area contributed by atoms with Crippen molar-refractivity contribution in [2.24, 2.45) is 0 Å². The standard InChI is InChI=1S/C16H21N3O3/c1-9-6-12-13(7-10(9)2)19-14(18-12)4-5-15(20)17-11(3)8-16(21)22/h6-7,11H,4-5,8H2,1-3H3,(H,17,20)(H,18,19)(H,21,22)/t11-/m0/s1. The lowest BCUT2D eigenvalue weighted by atomic mass is 10.1. The van der Waals surface area contributed by atoms with Gasteiger partial charge >= 0.3 is 5.97 Å². The molecule has 1 aromatic carbocycles. The molecule has 1 amide bonds. The van der Waals surface area contributed by atoms with Gasteiger partial charge in [-0.05, 0) is 44.0 Å². The molecule has 0 radical (unpaired) electrons. The molecule has 2 rings (SSSR count). The number of H-pyrrole nitrogens is 1. The van der Waals surface area contributed by atoms with Gasteiger partial charge in [0.2, 0.25) is 5.91 Å². The molecule has 0 aliphatic rings. The molecule has 22 heavy (non-hydrogen) atoms. The van der Waals surface area contributed by atoms with E-state index in [0.29, 0.717) is 6.42 Å². The Morgan fingerprint density at radius 2 is 2.00 bits per heavy atom. The average Bonchev–Trinajstić information content (AvgIpc) is 2.77. The first-order valence-electron chi connectivity index (χ1n) is 7.32. The molecule has 0 aliphatic heterocycles. The first-order chi connectivity index (χ1) is 10.3.